The molecule has 31 heavy (non-hydrogen) atoms. The third-order valence-electron chi connectivity index (χ3n) is 5.29. The first-order valence-electron chi connectivity index (χ1n) is 10.0. The zero-order valence-corrected chi connectivity index (χ0v) is 17.0. The van der Waals surface area contributed by atoms with Gasteiger partial charge in [0.15, 0.2) is 0 Å². The zero-order valence-electron chi connectivity index (χ0n) is 17.0. The minimum atomic E-state index is -0.127. The van der Waals surface area contributed by atoms with Crippen LogP contribution in [0.3, 0.4) is 0 Å². The molecule has 2 N–H and O–H groups in total. The molecule has 3 aromatic carbocycles. The van der Waals surface area contributed by atoms with Gasteiger partial charge in [0.25, 0.3) is 0 Å². The first kappa shape index (κ1) is 18.8. The van der Waals surface area contributed by atoms with Crippen molar-refractivity contribution in [3.63, 3.8) is 0 Å². The molecular weight excluding hydrogens is 384 g/mol. The summed E-state index contributed by atoms with van der Waals surface area (Å²) in [5.41, 5.74) is 2.39. The molecule has 1 atom stereocenters. The molecule has 4 heteroatoms. The van der Waals surface area contributed by atoms with Gasteiger partial charge in [0.2, 0.25) is 0 Å². The predicted molar refractivity (Wildman–Crippen MR) is 122 cm³/mol. The van der Waals surface area contributed by atoms with Crippen LogP contribution in [-0.2, 0) is 0 Å². The molecule has 4 nitrogen and oxygen atoms in total. The Kier molecular flexibility index (Phi) is 4.78. The smallest absolute Gasteiger partial charge is 0.137 e. The van der Waals surface area contributed by atoms with E-state index in [-0.39, 0.29) is 6.04 Å². The number of nitrogens with one attached hydrogen (secondary N) is 2. The summed E-state index contributed by atoms with van der Waals surface area (Å²) in [5, 5.41) is 15.3. The Bertz CT molecular complexity index is 1520. The van der Waals surface area contributed by atoms with Gasteiger partial charge in [0.05, 0.1) is 12.5 Å². The maximum absolute atomic E-state index is 8.45. The normalized spacial score (nSPS) is 14.3. The molecule has 150 valence electrons. The lowest BCUT2D eigenvalue weighted by Gasteiger charge is -2.16. The Hall–Kier alpha value is -4.23. The lowest BCUT2D eigenvalue weighted by atomic mass is 10.1. The number of hydrogen-bond acceptors (Lipinski definition) is 4. The van der Waals surface area contributed by atoms with Crippen LogP contribution in [0.4, 0.5) is 0 Å². The number of methoxy groups -OCH3 is 1. The Balaban J connectivity index is 1.51. The fraction of sp³-hybridized carbons (Fsp3) is 0.0741. The van der Waals surface area contributed by atoms with Crippen molar-refractivity contribution in [2.24, 2.45) is 0 Å². The van der Waals surface area contributed by atoms with Gasteiger partial charge in [-0.25, -0.2) is 0 Å². The minimum absolute atomic E-state index is 0.127. The molecule has 1 aliphatic heterocycles. The molecule has 0 fully saturated rings. The minimum Gasteiger partial charge on any atom is -0.497 e. The Morgan fingerprint density at radius 2 is 1.65 bits per heavy atom. The third-order valence-corrected chi connectivity index (χ3v) is 5.29. The van der Waals surface area contributed by atoms with Gasteiger partial charge in [0, 0.05) is 28.8 Å². The van der Waals surface area contributed by atoms with E-state index in [1.165, 1.54) is 0 Å². The molecule has 5 rings (SSSR count). The fourth-order valence-corrected chi connectivity index (χ4v) is 3.62. The van der Waals surface area contributed by atoms with Crippen molar-refractivity contribution in [1.29, 1.82) is 5.41 Å². The van der Waals surface area contributed by atoms with Crippen LogP contribution in [0.2, 0.25) is 0 Å². The summed E-state index contributed by atoms with van der Waals surface area (Å²) in [6.45, 7) is 0. The van der Waals surface area contributed by atoms with Gasteiger partial charge in [-0.1, -0.05) is 36.1 Å². The van der Waals surface area contributed by atoms with Crippen molar-refractivity contribution < 1.29 is 9.15 Å². The standard InChI is InChI=1S/C27H20N2O2/c1-30-22-11-8-18(9-12-22)6-7-19-10-13-23-24(28)16-27(31-26(23)14-19)25-15-20-4-2-3-5-21(20)17-29-25/h2-5,8-17,25,28-29H,1H3. The van der Waals surface area contributed by atoms with Gasteiger partial charge in [-0.15, -0.1) is 0 Å². The van der Waals surface area contributed by atoms with E-state index in [0.717, 1.165) is 32.7 Å². The summed E-state index contributed by atoms with van der Waals surface area (Å²) in [6.07, 6.45) is 4.10. The molecule has 0 bridgehead atoms. The van der Waals surface area contributed by atoms with Gasteiger partial charge in [-0.05, 0) is 59.0 Å². The van der Waals surface area contributed by atoms with Gasteiger partial charge >= 0.3 is 0 Å². The van der Waals surface area contributed by atoms with Crippen molar-refractivity contribution in [3.8, 4) is 17.6 Å². The second-order valence-corrected chi connectivity index (χ2v) is 7.34. The Morgan fingerprint density at radius 1 is 0.903 bits per heavy atom. The molecule has 4 aromatic rings. The average Bonchev–Trinajstić information content (AvgIpc) is 2.82. The molecular formula is C27H20N2O2. The molecule has 0 aliphatic carbocycles. The van der Waals surface area contributed by atoms with Crippen molar-refractivity contribution in [3.05, 3.63) is 105 Å². The third kappa shape index (κ3) is 3.82. The maximum atomic E-state index is 8.45. The van der Waals surface area contributed by atoms with Crippen LogP contribution in [0.5, 0.6) is 5.75 Å². The number of rotatable bonds is 2. The molecule has 2 heterocycles. The first-order chi connectivity index (χ1) is 15.2. The summed E-state index contributed by atoms with van der Waals surface area (Å²) in [6, 6.07) is 23.2. The van der Waals surface area contributed by atoms with E-state index >= 15 is 0 Å². The molecule has 0 radical (unpaired) electrons. The van der Waals surface area contributed by atoms with Crippen LogP contribution < -0.4 is 25.8 Å². The monoisotopic (exact) mass is 404 g/mol. The van der Waals surface area contributed by atoms with Gasteiger partial charge < -0.3 is 19.9 Å². The van der Waals surface area contributed by atoms with E-state index < -0.39 is 0 Å². The largest absolute Gasteiger partial charge is 0.497 e. The topological polar surface area (TPSA) is 58.2 Å². The summed E-state index contributed by atoms with van der Waals surface area (Å²) in [7, 11) is 1.64. The number of fused-ring (bicyclic) bond motifs is 2. The average molecular weight is 404 g/mol. The molecule has 0 saturated heterocycles. The van der Waals surface area contributed by atoms with E-state index in [0.29, 0.717) is 16.7 Å². The highest BCUT2D eigenvalue weighted by Gasteiger charge is 2.14. The second kappa shape index (κ2) is 7.89. The van der Waals surface area contributed by atoms with Gasteiger partial charge in [0.1, 0.15) is 23.1 Å². The molecule has 1 aromatic heterocycles. The molecule has 0 amide bonds. The summed E-state index contributed by atoms with van der Waals surface area (Å²) < 4.78 is 11.4. The first-order valence-corrected chi connectivity index (χ1v) is 10.0. The number of benzene rings is 3. The summed E-state index contributed by atoms with van der Waals surface area (Å²) in [4.78, 5) is 0. The fourth-order valence-electron chi connectivity index (χ4n) is 3.62. The van der Waals surface area contributed by atoms with Crippen molar-refractivity contribution in [2.75, 3.05) is 7.11 Å². The molecule has 1 unspecified atom stereocenters. The van der Waals surface area contributed by atoms with Crippen molar-refractivity contribution in [2.45, 2.75) is 6.04 Å². The predicted octanol–water partition coefficient (Wildman–Crippen LogP) is 3.18. The Labute approximate surface area is 179 Å². The lowest BCUT2D eigenvalue weighted by molar-refractivity contribution is 0.415. The van der Waals surface area contributed by atoms with Crippen LogP contribution in [0.15, 0.2) is 77.2 Å². The van der Waals surface area contributed by atoms with Crippen molar-refractivity contribution in [1.82, 2.24) is 5.32 Å². The summed E-state index contributed by atoms with van der Waals surface area (Å²) in [5.74, 6) is 7.85. The van der Waals surface area contributed by atoms with Gasteiger partial charge in [-0.3, -0.25) is 0 Å². The van der Waals surface area contributed by atoms with Gasteiger partial charge in [-0.2, -0.15) is 0 Å². The molecule has 0 spiro atoms. The number of ether oxygens (including phenoxy) is 1. The van der Waals surface area contributed by atoms with Crippen LogP contribution in [0.25, 0.3) is 23.2 Å². The highest BCUT2D eigenvalue weighted by molar-refractivity contribution is 5.78. The van der Waals surface area contributed by atoms with E-state index in [1.54, 1.807) is 13.2 Å². The highest BCUT2D eigenvalue weighted by atomic mass is 16.5. The van der Waals surface area contributed by atoms with Crippen molar-refractivity contribution >= 4 is 23.2 Å². The highest BCUT2D eigenvalue weighted by Crippen LogP contribution is 2.20. The molecule has 0 saturated carbocycles. The molecule has 1 aliphatic rings. The lowest BCUT2D eigenvalue weighted by Crippen LogP contribution is -2.34. The summed E-state index contributed by atoms with van der Waals surface area (Å²) >= 11 is 0. The van der Waals surface area contributed by atoms with Crippen LogP contribution in [0.1, 0.15) is 22.9 Å². The Morgan fingerprint density at radius 3 is 2.45 bits per heavy atom. The van der Waals surface area contributed by atoms with E-state index in [9.17, 15) is 0 Å². The quantitative estimate of drug-likeness (QED) is 0.505. The number of hydrogen-bond donors (Lipinski definition) is 2. The van der Waals surface area contributed by atoms with E-state index in [2.05, 4.69) is 35.4 Å². The zero-order chi connectivity index (χ0) is 21.2. The SMILES string of the molecule is COc1ccc(C#Cc2ccc3c(=N)cc(C4C=c5ccccc5=CN4)oc3c2)cc1. The van der Waals surface area contributed by atoms with E-state index in [4.69, 9.17) is 14.6 Å². The maximum Gasteiger partial charge on any atom is 0.137 e. The second-order valence-electron chi connectivity index (χ2n) is 7.34. The van der Waals surface area contributed by atoms with Crippen LogP contribution >= 0.6 is 0 Å². The van der Waals surface area contributed by atoms with Crippen LogP contribution in [-0.4, -0.2) is 7.11 Å². The van der Waals surface area contributed by atoms with E-state index in [1.807, 2.05) is 60.8 Å². The van der Waals surface area contributed by atoms with Crippen LogP contribution in [0, 0.1) is 17.3 Å².